The lowest BCUT2D eigenvalue weighted by atomic mass is 9.99. The molecule has 12 heavy (non-hydrogen) atoms. The summed E-state index contributed by atoms with van der Waals surface area (Å²) in [4.78, 5) is 0. The topological polar surface area (TPSA) is 0 Å². The van der Waals surface area contributed by atoms with Crippen molar-refractivity contribution in [1.29, 1.82) is 0 Å². The maximum atomic E-state index is 3.35. The van der Waals surface area contributed by atoms with Gasteiger partial charge >= 0.3 is 0 Å². The third kappa shape index (κ3) is 2.56. The van der Waals surface area contributed by atoms with Crippen LogP contribution in [-0.2, 0) is 0 Å². The van der Waals surface area contributed by atoms with Crippen molar-refractivity contribution in [1.82, 2.24) is 0 Å². The van der Waals surface area contributed by atoms with Gasteiger partial charge in [0.15, 0.2) is 0 Å². The van der Waals surface area contributed by atoms with E-state index in [0.717, 1.165) is 12.8 Å². The fourth-order valence-corrected chi connectivity index (χ4v) is 1.42. The Kier molecular flexibility index (Phi) is 3.13. The largest absolute Gasteiger partial charge is 0.114 e. The Morgan fingerprint density at radius 1 is 1.50 bits per heavy atom. The summed E-state index contributed by atoms with van der Waals surface area (Å²) in [6.45, 7) is 6.42. The number of hydrogen-bond acceptors (Lipinski definition) is 0. The molecule has 0 spiro atoms. The standard InChI is InChI=1S/C12H16/c1-4-5-6-12-8-10(2)7-11(3)9-12/h5-7H,4,8H2,1-3H3/b6-5-. The van der Waals surface area contributed by atoms with Crippen LogP contribution in [0.3, 0.4) is 0 Å². The first-order chi connectivity index (χ1) is 5.72. The van der Waals surface area contributed by atoms with E-state index in [4.69, 9.17) is 0 Å². The molecule has 0 unspecified atom stereocenters. The molecule has 64 valence electrons. The van der Waals surface area contributed by atoms with Gasteiger partial charge in [-0.05, 0) is 31.4 Å². The van der Waals surface area contributed by atoms with Gasteiger partial charge in [0, 0.05) is 6.42 Å². The van der Waals surface area contributed by atoms with Crippen molar-refractivity contribution in [2.45, 2.75) is 33.6 Å². The normalized spacial score (nSPS) is 17.4. The van der Waals surface area contributed by atoms with Crippen molar-refractivity contribution in [3.05, 3.63) is 40.7 Å². The second-order valence-electron chi connectivity index (χ2n) is 3.31. The second kappa shape index (κ2) is 4.13. The summed E-state index contributed by atoms with van der Waals surface area (Å²) in [5.74, 6) is 0. The summed E-state index contributed by atoms with van der Waals surface area (Å²) in [6.07, 6.45) is 8.73. The van der Waals surface area contributed by atoms with Gasteiger partial charge < -0.3 is 0 Å². The lowest BCUT2D eigenvalue weighted by molar-refractivity contribution is 1.11. The molecule has 1 aliphatic rings. The molecule has 0 aromatic carbocycles. The van der Waals surface area contributed by atoms with Crippen molar-refractivity contribution in [3.63, 3.8) is 0 Å². The maximum Gasteiger partial charge on any atom is 0.000726 e. The number of hydrogen-bond donors (Lipinski definition) is 0. The zero-order valence-corrected chi connectivity index (χ0v) is 8.15. The lowest BCUT2D eigenvalue weighted by Crippen LogP contribution is -1.86. The average Bonchev–Trinajstić information content (AvgIpc) is 1.99. The summed E-state index contributed by atoms with van der Waals surface area (Å²) in [5, 5.41) is 0. The van der Waals surface area contributed by atoms with E-state index in [0.29, 0.717) is 0 Å². The smallest absolute Gasteiger partial charge is 0.000726 e. The average molecular weight is 160 g/mol. The highest BCUT2D eigenvalue weighted by Crippen LogP contribution is 2.18. The summed E-state index contributed by atoms with van der Waals surface area (Å²) in [6, 6.07) is 0. The Hall–Kier alpha value is -1.00. The first-order valence-corrected chi connectivity index (χ1v) is 4.52. The van der Waals surface area contributed by atoms with Crippen LogP contribution in [0.1, 0.15) is 33.6 Å². The Balaban J connectivity index is 2.82. The highest BCUT2D eigenvalue weighted by molar-refractivity contribution is 5.35. The molecule has 0 radical (unpaired) electrons. The molecule has 0 fully saturated rings. The van der Waals surface area contributed by atoms with Crippen molar-refractivity contribution in [2.24, 2.45) is 0 Å². The van der Waals surface area contributed by atoms with E-state index in [1.165, 1.54) is 16.7 Å². The van der Waals surface area contributed by atoms with Crippen LogP contribution >= 0.6 is 0 Å². The monoisotopic (exact) mass is 160 g/mol. The molecule has 0 saturated carbocycles. The highest BCUT2D eigenvalue weighted by Gasteiger charge is 1.99. The van der Waals surface area contributed by atoms with Gasteiger partial charge in [0.1, 0.15) is 0 Å². The predicted octanol–water partition coefficient (Wildman–Crippen LogP) is 3.77. The number of allylic oxidation sites excluding steroid dienone is 5. The molecule has 0 amide bonds. The molecule has 0 bridgehead atoms. The summed E-state index contributed by atoms with van der Waals surface area (Å²) in [5.41, 5.74) is 7.34. The molecule has 0 heterocycles. The van der Waals surface area contributed by atoms with E-state index in [1.807, 2.05) is 0 Å². The van der Waals surface area contributed by atoms with Crippen LogP contribution in [-0.4, -0.2) is 0 Å². The van der Waals surface area contributed by atoms with E-state index in [-0.39, 0.29) is 0 Å². The van der Waals surface area contributed by atoms with Crippen LogP contribution in [0.2, 0.25) is 0 Å². The molecule has 0 aliphatic heterocycles. The van der Waals surface area contributed by atoms with Crippen LogP contribution in [0.5, 0.6) is 0 Å². The van der Waals surface area contributed by atoms with Crippen molar-refractivity contribution < 1.29 is 0 Å². The quantitative estimate of drug-likeness (QED) is 0.539. The third-order valence-electron chi connectivity index (χ3n) is 1.84. The molecule has 0 nitrogen and oxygen atoms in total. The van der Waals surface area contributed by atoms with Gasteiger partial charge in [-0.15, -0.1) is 5.73 Å². The van der Waals surface area contributed by atoms with Gasteiger partial charge in [0.25, 0.3) is 0 Å². The van der Waals surface area contributed by atoms with Crippen molar-refractivity contribution in [2.75, 3.05) is 0 Å². The minimum Gasteiger partial charge on any atom is -0.114 e. The van der Waals surface area contributed by atoms with Crippen LogP contribution in [0.15, 0.2) is 40.7 Å². The van der Waals surface area contributed by atoms with E-state index in [2.05, 4.69) is 44.7 Å². The minimum atomic E-state index is 1.06. The molecule has 0 aromatic rings. The minimum absolute atomic E-state index is 1.06. The van der Waals surface area contributed by atoms with Crippen LogP contribution in [0, 0.1) is 0 Å². The summed E-state index contributed by atoms with van der Waals surface area (Å²) in [7, 11) is 0. The fourth-order valence-electron chi connectivity index (χ4n) is 1.42. The molecule has 1 aliphatic carbocycles. The van der Waals surface area contributed by atoms with Crippen LogP contribution in [0.25, 0.3) is 0 Å². The SMILES string of the molecule is CC/C=C\C1=C=C(C)C=C(C)C1. The molecular weight excluding hydrogens is 144 g/mol. The first kappa shape index (κ1) is 9.09. The van der Waals surface area contributed by atoms with E-state index in [1.54, 1.807) is 0 Å². The van der Waals surface area contributed by atoms with Crippen LogP contribution < -0.4 is 0 Å². The van der Waals surface area contributed by atoms with E-state index < -0.39 is 0 Å². The molecule has 0 aromatic heterocycles. The third-order valence-corrected chi connectivity index (χ3v) is 1.84. The molecule has 0 saturated heterocycles. The Morgan fingerprint density at radius 3 is 2.83 bits per heavy atom. The lowest BCUT2D eigenvalue weighted by Gasteiger charge is -2.05. The van der Waals surface area contributed by atoms with Gasteiger partial charge in [-0.25, -0.2) is 0 Å². The van der Waals surface area contributed by atoms with Gasteiger partial charge in [-0.3, -0.25) is 0 Å². The van der Waals surface area contributed by atoms with Gasteiger partial charge in [0.05, 0.1) is 0 Å². The van der Waals surface area contributed by atoms with Gasteiger partial charge in [-0.2, -0.15) is 0 Å². The Morgan fingerprint density at radius 2 is 2.25 bits per heavy atom. The van der Waals surface area contributed by atoms with E-state index in [9.17, 15) is 0 Å². The molecule has 1 rings (SSSR count). The van der Waals surface area contributed by atoms with E-state index >= 15 is 0 Å². The van der Waals surface area contributed by atoms with Crippen molar-refractivity contribution in [3.8, 4) is 0 Å². The highest BCUT2D eigenvalue weighted by atomic mass is 14.0. The molecule has 0 atom stereocenters. The molecule has 0 heteroatoms. The van der Waals surface area contributed by atoms with Crippen molar-refractivity contribution >= 4 is 0 Å². The maximum absolute atomic E-state index is 3.35. The zero-order valence-electron chi connectivity index (χ0n) is 8.15. The second-order valence-corrected chi connectivity index (χ2v) is 3.31. The molecule has 0 N–H and O–H groups in total. The fraction of sp³-hybridized carbons (Fsp3) is 0.417. The Bertz CT molecular complexity index is 281. The molecular formula is C12H16. The van der Waals surface area contributed by atoms with Crippen LogP contribution in [0.4, 0.5) is 0 Å². The zero-order chi connectivity index (χ0) is 8.97. The summed E-state index contributed by atoms with van der Waals surface area (Å²) < 4.78 is 0. The van der Waals surface area contributed by atoms with Gasteiger partial charge in [0.2, 0.25) is 0 Å². The number of rotatable bonds is 2. The van der Waals surface area contributed by atoms with Gasteiger partial charge in [-0.1, -0.05) is 30.7 Å². The summed E-state index contributed by atoms with van der Waals surface area (Å²) >= 11 is 0. The predicted molar refractivity (Wildman–Crippen MR) is 54.0 cm³/mol. The first-order valence-electron chi connectivity index (χ1n) is 4.52. The Labute approximate surface area is 75.0 Å².